The summed E-state index contributed by atoms with van der Waals surface area (Å²) < 4.78 is 17.6. The van der Waals surface area contributed by atoms with Gasteiger partial charge in [0.25, 0.3) is 0 Å². The minimum absolute atomic E-state index is 0.0423. The van der Waals surface area contributed by atoms with E-state index in [4.69, 9.17) is 4.74 Å². The Kier molecular flexibility index (Phi) is 8.28. The van der Waals surface area contributed by atoms with E-state index >= 15 is 0 Å². The Labute approximate surface area is 124 Å². The smallest absolute Gasteiger partial charge is 0.220 e. The molecule has 0 atom stereocenters. The number of methoxy groups -OCH3 is 1. The fourth-order valence-electron chi connectivity index (χ4n) is 1.88. The zero-order valence-electron chi connectivity index (χ0n) is 12.4. The van der Waals surface area contributed by atoms with Gasteiger partial charge in [0.1, 0.15) is 5.82 Å². The van der Waals surface area contributed by atoms with Gasteiger partial charge in [0.2, 0.25) is 5.91 Å². The molecule has 1 N–H and O–H groups in total. The van der Waals surface area contributed by atoms with E-state index in [1.54, 1.807) is 7.11 Å². The molecular formula is C16H22FNO3. The second-order valence-electron chi connectivity index (χ2n) is 4.83. The minimum Gasteiger partial charge on any atom is -0.385 e. The second-order valence-corrected chi connectivity index (χ2v) is 4.83. The van der Waals surface area contributed by atoms with Crippen molar-refractivity contribution in [2.45, 2.75) is 32.1 Å². The number of unbranched alkanes of at least 4 members (excludes halogenated alkanes) is 1. The molecule has 1 rings (SSSR count). The van der Waals surface area contributed by atoms with Crippen molar-refractivity contribution in [3.63, 3.8) is 0 Å². The Bertz CT molecular complexity index is 445. The molecule has 1 aromatic carbocycles. The van der Waals surface area contributed by atoms with Crippen LogP contribution in [0.3, 0.4) is 0 Å². The highest BCUT2D eigenvalue weighted by Crippen LogP contribution is 2.08. The fourth-order valence-corrected chi connectivity index (χ4v) is 1.88. The number of nitrogens with one attached hydrogen (secondary N) is 1. The van der Waals surface area contributed by atoms with Crippen LogP contribution in [0.5, 0.6) is 0 Å². The molecule has 116 valence electrons. The van der Waals surface area contributed by atoms with Gasteiger partial charge >= 0.3 is 0 Å². The van der Waals surface area contributed by atoms with Crippen LogP contribution in [0.25, 0.3) is 0 Å². The van der Waals surface area contributed by atoms with Crippen LogP contribution in [-0.2, 0) is 9.53 Å². The quantitative estimate of drug-likeness (QED) is 0.533. The standard InChI is InChI=1S/C16H22FNO3/c1-21-12-3-2-11-18-16(20)6-4-5-15(19)13-7-9-14(17)10-8-13/h7-10H,2-6,11-12H2,1H3,(H,18,20). The summed E-state index contributed by atoms with van der Waals surface area (Å²) in [6.07, 6.45) is 2.92. The molecule has 21 heavy (non-hydrogen) atoms. The summed E-state index contributed by atoms with van der Waals surface area (Å²) >= 11 is 0. The lowest BCUT2D eigenvalue weighted by atomic mass is 10.1. The molecule has 0 fully saturated rings. The average molecular weight is 295 g/mol. The molecule has 1 aromatic rings. The molecule has 5 heteroatoms. The first kappa shape index (κ1) is 17.3. The third-order valence-corrected chi connectivity index (χ3v) is 3.07. The van der Waals surface area contributed by atoms with E-state index in [2.05, 4.69) is 5.32 Å². The predicted octanol–water partition coefficient (Wildman–Crippen LogP) is 2.72. The number of halogens is 1. The van der Waals surface area contributed by atoms with Crippen LogP contribution in [0.4, 0.5) is 4.39 Å². The molecule has 4 nitrogen and oxygen atoms in total. The van der Waals surface area contributed by atoms with E-state index in [0.717, 1.165) is 12.8 Å². The molecule has 0 aliphatic heterocycles. The molecule has 0 saturated heterocycles. The summed E-state index contributed by atoms with van der Waals surface area (Å²) in [5.74, 6) is -0.471. The van der Waals surface area contributed by atoms with Crippen LogP contribution in [0.2, 0.25) is 0 Å². The van der Waals surface area contributed by atoms with Gasteiger partial charge in [-0.2, -0.15) is 0 Å². The number of Topliss-reactive ketones (excluding diaryl/α,β-unsaturated/α-hetero) is 1. The molecule has 0 aromatic heterocycles. The average Bonchev–Trinajstić information content (AvgIpc) is 2.47. The van der Waals surface area contributed by atoms with Crippen molar-refractivity contribution in [1.82, 2.24) is 5.32 Å². The Hall–Kier alpha value is -1.75. The van der Waals surface area contributed by atoms with Gasteiger partial charge in [-0.05, 0) is 43.5 Å². The van der Waals surface area contributed by atoms with Crippen molar-refractivity contribution in [2.75, 3.05) is 20.3 Å². The number of carbonyl (C=O) groups excluding carboxylic acids is 2. The Morgan fingerprint density at radius 2 is 1.81 bits per heavy atom. The molecule has 0 heterocycles. The number of benzene rings is 1. The summed E-state index contributed by atoms with van der Waals surface area (Å²) in [5, 5.41) is 2.81. The maximum absolute atomic E-state index is 12.7. The molecule has 0 radical (unpaired) electrons. The van der Waals surface area contributed by atoms with E-state index < -0.39 is 0 Å². The van der Waals surface area contributed by atoms with E-state index in [9.17, 15) is 14.0 Å². The van der Waals surface area contributed by atoms with Gasteiger partial charge in [-0.1, -0.05) is 0 Å². The van der Waals surface area contributed by atoms with Crippen LogP contribution in [-0.4, -0.2) is 32.0 Å². The number of rotatable bonds is 10. The van der Waals surface area contributed by atoms with Crippen molar-refractivity contribution >= 4 is 11.7 Å². The molecule has 1 amide bonds. The van der Waals surface area contributed by atoms with Crippen LogP contribution in [0.15, 0.2) is 24.3 Å². The summed E-state index contributed by atoms with van der Waals surface area (Å²) in [7, 11) is 1.65. The molecule has 0 bridgehead atoms. The topological polar surface area (TPSA) is 55.4 Å². The van der Waals surface area contributed by atoms with Gasteiger partial charge in [0.05, 0.1) is 0 Å². The van der Waals surface area contributed by atoms with Gasteiger partial charge in [-0.15, -0.1) is 0 Å². The zero-order chi connectivity index (χ0) is 15.5. The van der Waals surface area contributed by atoms with E-state index in [1.165, 1.54) is 24.3 Å². The van der Waals surface area contributed by atoms with Gasteiger partial charge < -0.3 is 10.1 Å². The van der Waals surface area contributed by atoms with Gasteiger partial charge in [-0.25, -0.2) is 4.39 Å². The van der Waals surface area contributed by atoms with E-state index in [0.29, 0.717) is 38.0 Å². The van der Waals surface area contributed by atoms with Crippen molar-refractivity contribution in [2.24, 2.45) is 0 Å². The Morgan fingerprint density at radius 1 is 1.10 bits per heavy atom. The first-order valence-electron chi connectivity index (χ1n) is 7.18. The van der Waals surface area contributed by atoms with E-state index in [-0.39, 0.29) is 17.5 Å². The lowest BCUT2D eigenvalue weighted by Crippen LogP contribution is -2.24. The normalized spacial score (nSPS) is 10.4. The zero-order valence-corrected chi connectivity index (χ0v) is 12.4. The third-order valence-electron chi connectivity index (χ3n) is 3.07. The fraction of sp³-hybridized carbons (Fsp3) is 0.500. The third kappa shape index (κ3) is 7.56. The summed E-state index contributed by atoms with van der Waals surface area (Å²) in [6.45, 7) is 1.33. The van der Waals surface area contributed by atoms with Crippen molar-refractivity contribution in [1.29, 1.82) is 0 Å². The van der Waals surface area contributed by atoms with Crippen LogP contribution in [0.1, 0.15) is 42.5 Å². The van der Waals surface area contributed by atoms with Crippen molar-refractivity contribution in [3.8, 4) is 0 Å². The highest BCUT2D eigenvalue weighted by molar-refractivity contribution is 5.96. The number of carbonyl (C=O) groups is 2. The number of ketones is 1. The first-order valence-corrected chi connectivity index (χ1v) is 7.18. The number of hydrogen-bond acceptors (Lipinski definition) is 3. The monoisotopic (exact) mass is 295 g/mol. The lowest BCUT2D eigenvalue weighted by Gasteiger charge is -2.05. The summed E-state index contributed by atoms with van der Waals surface area (Å²) in [6, 6.07) is 5.46. The second kappa shape index (κ2) is 10.0. The SMILES string of the molecule is COCCCCNC(=O)CCCC(=O)c1ccc(F)cc1. The number of ether oxygens (including phenoxy) is 1. The highest BCUT2D eigenvalue weighted by atomic mass is 19.1. The van der Waals surface area contributed by atoms with Gasteiger partial charge in [-0.3, -0.25) is 9.59 Å². The summed E-state index contributed by atoms with van der Waals surface area (Å²) in [5.41, 5.74) is 0.483. The predicted molar refractivity (Wildman–Crippen MR) is 78.7 cm³/mol. The molecule has 0 saturated carbocycles. The van der Waals surface area contributed by atoms with Crippen LogP contribution >= 0.6 is 0 Å². The van der Waals surface area contributed by atoms with Gasteiger partial charge in [0, 0.05) is 38.7 Å². The Morgan fingerprint density at radius 3 is 2.48 bits per heavy atom. The summed E-state index contributed by atoms with van der Waals surface area (Å²) in [4.78, 5) is 23.3. The number of amides is 1. The van der Waals surface area contributed by atoms with E-state index in [1.807, 2.05) is 0 Å². The molecule has 0 aliphatic carbocycles. The Balaban J connectivity index is 2.13. The number of hydrogen-bond donors (Lipinski definition) is 1. The molecule has 0 unspecified atom stereocenters. The highest BCUT2D eigenvalue weighted by Gasteiger charge is 2.07. The minimum atomic E-state index is -0.362. The van der Waals surface area contributed by atoms with Crippen molar-refractivity contribution in [3.05, 3.63) is 35.6 Å². The lowest BCUT2D eigenvalue weighted by molar-refractivity contribution is -0.121. The largest absolute Gasteiger partial charge is 0.385 e. The molecule has 0 aliphatic rings. The van der Waals surface area contributed by atoms with Crippen molar-refractivity contribution < 1.29 is 18.7 Å². The maximum Gasteiger partial charge on any atom is 0.220 e. The first-order chi connectivity index (χ1) is 10.1. The van der Waals surface area contributed by atoms with Gasteiger partial charge in [0.15, 0.2) is 5.78 Å². The molecular weight excluding hydrogens is 273 g/mol. The van der Waals surface area contributed by atoms with Crippen LogP contribution < -0.4 is 5.32 Å². The van der Waals surface area contributed by atoms with Crippen LogP contribution in [0, 0.1) is 5.82 Å². The molecule has 0 spiro atoms. The maximum atomic E-state index is 12.7.